The monoisotopic (exact) mass is 391 g/mol. The van der Waals surface area contributed by atoms with Crippen molar-refractivity contribution in [1.29, 1.82) is 5.26 Å². The van der Waals surface area contributed by atoms with Gasteiger partial charge in [-0.2, -0.15) is 5.26 Å². The van der Waals surface area contributed by atoms with Crippen molar-refractivity contribution in [1.82, 2.24) is 9.80 Å². The second-order valence-corrected chi connectivity index (χ2v) is 7.71. The molecule has 96 valence electrons. The molecule has 0 spiro atoms. The van der Waals surface area contributed by atoms with E-state index >= 15 is 0 Å². The van der Waals surface area contributed by atoms with Crippen LogP contribution in [0.15, 0.2) is 13.6 Å². The maximum Gasteiger partial charge on any atom is 0.255 e. The largest absolute Gasteiger partial charge is 0.336 e. The summed E-state index contributed by atoms with van der Waals surface area (Å²) in [5.41, 5.74) is 0.709. The molecular formula is C11H11Br2N3OS. The number of halogens is 2. The van der Waals surface area contributed by atoms with Crippen LogP contribution in [-0.2, 0) is 0 Å². The summed E-state index contributed by atoms with van der Waals surface area (Å²) in [5.74, 6) is 0.0560. The van der Waals surface area contributed by atoms with Crippen LogP contribution in [0.2, 0.25) is 0 Å². The van der Waals surface area contributed by atoms with Gasteiger partial charge in [0.15, 0.2) is 0 Å². The average molecular weight is 393 g/mol. The molecule has 4 nitrogen and oxygen atoms in total. The molecule has 1 aliphatic rings. The van der Waals surface area contributed by atoms with E-state index in [2.05, 4.69) is 42.8 Å². The summed E-state index contributed by atoms with van der Waals surface area (Å²) in [6.45, 7) is 3.33. The summed E-state index contributed by atoms with van der Waals surface area (Å²) in [4.78, 5) is 16.2. The van der Waals surface area contributed by atoms with Crippen LogP contribution in [0.5, 0.6) is 0 Å². The Bertz CT molecular complexity index is 489. The zero-order valence-corrected chi connectivity index (χ0v) is 13.5. The van der Waals surface area contributed by atoms with Gasteiger partial charge in [0.25, 0.3) is 5.91 Å². The Morgan fingerprint density at radius 3 is 2.56 bits per heavy atom. The molecule has 1 aliphatic heterocycles. The molecule has 1 amide bonds. The first-order valence-electron chi connectivity index (χ1n) is 5.45. The predicted molar refractivity (Wildman–Crippen MR) is 77.7 cm³/mol. The van der Waals surface area contributed by atoms with Gasteiger partial charge in [0, 0.05) is 26.2 Å². The Labute approximate surface area is 126 Å². The lowest BCUT2D eigenvalue weighted by Crippen LogP contribution is -2.48. The Morgan fingerprint density at radius 1 is 1.39 bits per heavy atom. The molecule has 2 heterocycles. The van der Waals surface area contributed by atoms with Gasteiger partial charge in [0.05, 0.1) is 25.8 Å². The molecule has 7 heteroatoms. The summed E-state index contributed by atoms with van der Waals surface area (Å²) in [6.07, 6.45) is 0. The van der Waals surface area contributed by atoms with Gasteiger partial charge in [-0.1, -0.05) is 0 Å². The van der Waals surface area contributed by atoms with Crippen molar-refractivity contribution in [2.75, 3.05) is 32.7 Å². The average Bonchev–Trinajstić information content (AvgIpc) is 2.69. The molecule has 18 heavy (non-hydrogen) atoms. The van der Waals surface area contributed by atoms with Crippen LogP contribution < -0.4 is 0 Å². The number of nitriles is 1. The Hall–Kier alpha value is -0.420. The van der Waals surface area contributed by atoms with Crippen LogP contribution in [-0.4, -0.2) is 48.4 Å². The molecule has 0 saturated carbocycles. The Kier molecular flexibility index (Phi) is 4.78. The molecule has 0 N–H and O–H groups in total. The first-order valence-corrected chi connectivity index (χ1v) is 7.85. The SMILES string of the molecule is N#CCN1CCN(C(=O)c2cc(Br)sc2Br)CC1. The summed E-state index contributed by atoms with van der Waals surface area (Å²) in [5, 5.41) is 8.63. The minimum absolute atomic E-state index is 0.0560. The van der Waals surface area contributed by atoms with E-state index in [9.17, 15) is 4.79 Å². The third-order valence-corrected chi connectivity index (χ3v) is 5.18. The standard InChI is InChI=1S/C11H11Br2N3OS/c12-9-7-8(10(13)18-9)11(17)16-5-3-15(2-1-14)4-6-16/h7H,2-6H2. The van der Waals surface area contributed by atoms with Gasteiger partial charge in [0.2, 0.25) is 0 Å². The molecule has 1 aromatic rings. The highest BCUT2D eigenvalue weighted by molar-refractivity contribution is 9.12. The molecule has 2 rings (SSSR count). The molecule has 0 bridgehead atoms. The van der Waals surface area contributed by atoms with Crippen LogP contribution in [0.1, 0.15) is 10.4 Å². The number of hydrogen-bond donors (Lipinski definition) is 0. The van der Waals surface area contributed by atoms with E-state index in [-0.39, 0.29) is 5.91 Å². The predicted octanol–water partition coefficient (Wildman–Crippen LogP) is 2.55. The molecule has 0 aromatic carbocycles. The molecule has 0 atom stereocenters. The fourth-order valence-corrected chi connectivity index (χ4v) is 4.64. The fraction of sp³-hybridized carbons (Fsp3) is 0.455. The quantitative estimate of drug-likeness (QED) is 0.726. The van der Waals surface area contributed by atoms with Crippen LogP contribution >= 0.6 is 43.2 Å². The Morgan fingerprint density at radius 2 is 2.06 bits per heavy atom. The number of thiophene rings is 1. The molecule has 1 fully saturated rings. The molecule has 1 saturated heterocycles. The molecule has 0 radical (unpaired) electrons. The van der Waals surface area contributed by atoms with Crippen LogP contribution in [0.25, 0.3) is 0 Å². The lowest BCUT2D eigenvalue weighted by Gasteiger charge is -2.33. The lowest BCUT2D eigenvalue weighted by atomic mass is 10.2. The van der Waals surface area contributed by atoms with Gasteiger partial charge in [0.1, 0.15) is 0 Å². The first-order chi connectivity index (χ1) is 8.61. The second kappa shape index (κ2) is 6.15. The third kappa shape index (κ3) is 3.12. The topological polar surface area (TPSA) is 47.3 Å². The summed E-state index contributed by atoms with van der Waals surface area (Å²) in [7, 11) is 0. The normalized spacial score (nSPS) is 16.6. The zero-order chi connectivity index (χ0) is 13.1. The number of hydrogen-bond acceptors (Lipinski definition) is 4. The van der Waals surface area contributed by atoms with E-state index < -0.39 is 0 Å². The van der Waals surface area contributed by atoms with E-state index in [1.807, 2.05) is 11.0 Å². The number of piperazine rings is 1. The van der Waals surface area contributed by atoms with Gasteiger partial charge in [-0.05, 0) is 37.9 Å². The first kappa shape index (κ1) is 14.0. The summed E-state index contributed by atoms with van der Waals surface area (Å²) in [6, 6.07) is 3.98. The number of carbonyl (C=O) groups excluding carboxylic acids is 1. The van der Waals surface area contributed by atoms with E-state index in [4.69, 9.17) is 5.26 Å². The smallest absolute Gasteiger partial charge is 0.255 e. The maximum absolute atomic E-state index is 12.3. The highest BCUT2D eigenvalue weighted by Gasteiger charge is 2.24. The van der Waals surface area contributed by atoms with Crippen LogP contribution in [0, 0.1) is 11.3 Å². The van der Waals surface area contributed by atoms with E-state index in [0.29, 0.717) is 25.2 Å². The molecular weight excluding hydrogens is 382 g/mol. The number of nitrogens with zero attached hydrogens (tertiary/aromatic N) is 3. The van der Waals surface area contributed by atoms with E-state index in [1.165, 1.54) is 11.3 Å². The number of rotatable bonds is 2. The van der Waals surface area contributed by atoms with Crippen molar-refractivity contribution in [3.8, 4) is 6.07 Å². The molecule has 0 aliphatic carbocycles. The van der Waals surface area contributed by atoms with Crippen molar-refractivity contribution in [3.05, 3.63) is 19.2 Å². The second-order valence-electron chi connectivity index (χ2n) is 3.96. The minimum Gasteiger partial charge on any atom is -0.336 e. The van der Waals surface area contributed by atoms with Crippen LogP contribution in [0.3, 0.4) is 0 Å². The van der Waals surface area contributed by atoms with Crippen LogP contribution in [0.4, 0.5) is 0 Å². The molecule has 1 aromatic heterocycles. The van der Waals surface area contributed by atoms with E-state index in [1.54, 1.807) is 0 Å². The van der Waals surface area contributed by atoms with Gasteiger partial charge in [-0.15, -0.1) is 11.3 Å². The number of amides is 1. The van der Waals surface area contributed by atoms with Crippen molar-refractivity contribution in [2.24, 2.45) is 0 Å². The van der Waals surface area contributed by atoms with E-state index in [0.717, 1.165) is 20.7 Å². The summed E-state index contributed by atoms with van der Waals surface area (Å²) >= 11 is 8.29. The van der Waals surface area contributed by atoms with Gasteiger partial charge < -0.3 is 4.90 Å². The van der Waals surface area contributed by atoms with Crippen molar-refractivity contribution >= 4 is 49.1 Å². The maximum atomic E-state index is 12.3. The van der Waals surface area contributed by atoms with Crippen molar-refractivity contribution < 1.29 is 4.79 Å². The van der Waals surface area contributed by atoms with Gasteiger partial charge in [-0.25, -0.2) is 0 Å². The Balaban J connectivity index is 2.00. The zero-order valence-electron chi connectivity index (χ0n) is 9.53. The van der Waals surface area contributed by atoms with Gasteiger partial charge >= 0.3 is 0 Å². The van der Waals surface area contributed by atoms with Crippen molar-refractivity contribution in [2.45, 2.75) is 0 Å². The number of carbonyl (C=O) groups is 1. The highest BCUT2D eigenvalue weighted by atomic mass is 79.9. The fourth-order valence-electron chi connectivity index (χ4n) is 1.87. The lowest BCUT2D eigenvalue weighted by molar-refractivity contribution is 0.0651. The molecule has 0 unspecified atom stereocenters. The third-order valence-electron chi connectivity index (χ3n) is 2.84. The highest BCUT2D eigenvalue weighted by Crippen LogP contribution is 2.32. The minimum atomic E-state index is 0.0560. The summed E-state index contributed by atoms with van der Waals surface area (Å²) < 4.78 is 1.81. The van der Waals surface area contributed by atoms with Gasteiger partial charge in [-0.3, -0.25) is 9.69 Å². The van der Waals surface area contributed by atoms with Crippen molar-refractivity contribution in [3.63, 3.8) is 0 Å².